The third-order valence-electron chi connectivity index (χ3n) is 4.07. The van der Waals surface area contributed by atoms with Crippen molar-refractivity contribution in [3.05, 3.63) is 35.9 Å². The van der Waals surface area contributed by atoms with Gasteiger partial charge < -0.3 is 10.1 Å². The van der Waals surface area contributed by atoms with Crippen LogP contribution in [-0.4, -0.2) is 25.2 Å². The Morgan fingerprint density at radius 2 is 1.90 bits per heavy atom. The molecule has 0 atom stereocenters. The van der Waals surface area contributed by atoms with E-state index in [1.807, 2.05) is 6.92 Å². The van der Waals surface area contributed by atoms with Gasteiger partial charge in [0.25, 0.3) is 0 Å². The maximum atomic E-state index is 11.3. The molecule has 1 fully saturated rings. The first-order chi connectivity index (χ1) is 9.79. The molecule has 3 heteroatoms. The summed E-state index contributed by atoms with van der Waals surface area (Å²) in [5, 5.41) is 3.48. The fraction of sp³-hybridized carbons (Fsp3) is 0.588. The van der Waals surface area contributed by atoms with Crippen LogP contribution in [0, 0.1) is 0 Å². The molecule has 110 valence electrons. The van der Waals surface area contributed by atoms with Crippen LogP contribution in [0.2, 0.25) is 0 Å². The number of carbonyl (C=O) groups is 1. The lowest BCUT2D eigenvalue weighted by atomic mass is 9.82. The van der Waals surface area contributed by atoms with Crippen LogP contribution < -0.4 is 5.32 Å². The lowest BCUT2D eigenvalue weighted by molar-refractivity contribution is -0.143. The summed E-state index contributed by atoms with van der Waals surface area (Å²) in [7, 11) is 0. The summed E-state index contributed by atoms with van der Waals surface area (Å²) in [6.45, 7) is 3.05. The Morgan fingerprint density at radius 3 is 2.55 bits per heavy atom. The van der Waals surface area contributed by atoms with Gasteiger partial charge in [-0.3, -0.25) is 4.79 Å². The summed E-state index contributed by atoms with van der Waals surface area (Å²) in [5.41, 5.74) is 1.47. The van der Waals surface area contributed by atoms with Gasteiger partial charge in [-0.15, -0.1) is 0 Å². The highest BCUT2D eigenvalue weighted by Crippen LogP contribution is 2.32. The number of hydrogen-bond donors (Lipinski definition) is 1. The predicted molar refractivity (Wildman–Crippen MR) is 80.7 cm³/mol. The van der Waals surface area contributed by atoms with Crippen LogP contribution in [0.1, 0.15) is 50.5 Å². The van der Waals surface area contributed by atoms with Crippen LogP contribution in [0.3, 0.4) is 0 Å². The number of rotatable bonds is 6. The van der Waals surface area contributed by atoms with Gasteiger partial charge in [0.05, 0.1) is 13.0 Å². The number of ether oxygens (including phenoxy) is 1. The Labute approximate surface area is 121 Å². The van der Waals surface area contributed by atoms with E-state index in [4.69, 9.17) is 4.74 Å². The van der Waals surface area contributed by atoms with Crippen LogP contribution in [0.4, 0.5) is 0 Å². The lowest BCUT2D eigenvalue weighted by Crippen LogP contribution is -2.34. The predicted octanol–water partition coefficient (Wildman–Crippen LogP) is 3.26. The summed E-state index contributed by atoms with van der Waals surface area (Å²) >= 11 is 0. The Hall–Kier alpha value is -1.35. The summed E-state index contributed by atoms with van der Waals surface area (Å²) in [5.74, 6) is 0.609. The molecule has 1 aliphatic rings. The van der Waals surface area contributed by atoms with E-state index in [9.17, 15) is 4.79 Å². The van der Waals surface area contributed by atoms with Crippen LogP contribution in [0.15, 0.2) is 30.3 Å². The molecule has 3 nitrogen and oxygen atoms in total. The van der Waals surface area contributed by atoms with Crippen molar-refractivity contribution >= 4 is 5.97 Å². The maximum Gasteiger partial charge on any atom is 0.307 e. The minimum atomic E-state index is -0.0991. The van der Waals surface area contributed by atoms with Crippen LogP contribution in [0.25, 0.3) is 0 Å². The Bertz CT molecular complexity index is 397. The molecule has 0 radical (unpaired) electrons. The Balaban J connectivity index is 1.66. The third kappa shape index (κ3) is 4.64. The van der Waals surface area contributed by atoms with Crippen LogP contribution >= 0.6 is 0 Å². The van der Waals surface area contributed by atoms with E-state index >= 15 is 0 Å². The van der Waals surface area contributed by atoms with Crippen molar-refractivity contribution < 1.29 is 9.53 Å². The second-order valence-corrected chi connectivity index (χ2v) is 5.47. The fourth-order valence-corrected chi connectivity index (χ4v) is 2.97. The van der Waals surface area contributed by atoms with Crippen molar-refractivity contribution in [2.45, 2.75) is 51.0 Å². The molecular weight excluding hydrogens is 250 g/mol. The monoisotopic (exact) mass is 275 g/mol. The van der Waals surface area contributed by atoms with Crippen molar-refractivity contribution in [1.82, 2.24) is 5.32 Å². The van der Waals surface area contributed by atoms with Gasteiger partial charge in [-0.2, -0.15) is 0 Å². The SMILES string of the molecule is CCOC(=O)CCNC1CCC(c2ccccc2)CC1. The quantitative estimate of drug-likeness (QED) is 0.810. The summed E-state index contributed by atoms with van der Waals surface area (Å²) in [4.78, 5) is 11.3. The van der Waals surface area contributed by atoms with Gasteiger partial charge in [0, 0.05) is 12.6 Å². The zero-order valence-corrected chi connectivity index (χ0v) is 12.3. The van der Waals surface area contributed by atoms with Gasteiger partial charge in [0.15, 0.2) is 0 Å². The van der Waals surface area contributed by atoms with E-state index in [1.165, 1.54) is 31.2 Å². The van der Waals surface area contributed by atoms with E-state index in [0.29, 0.717) is 25.0 Å². The standard InChI is InChI=1S/C17H25NO2/c1-2-20-17(19)12-13-18-16-10-8-15(9-11-16)14-6-4-3-5-7-14/h3-7,15-16,18H,2,8-13H2,1H3. The normalized spacial score (nSPS) is 22.4. The highest BCUT2D eigenvalue weighted by molar-refractivity contribution is 5.69. The molecule has 0 bridgehead atoms. The van der Waals surface area contributed by atoms with Gasteiger partial charge in [-0.25, -0.2) is 0 Å². The number of carbonyl (C=O) groups excluding carboxylic acids is 1. The molecular formula is C17H25NO2. The highest BCUT2D eigenvalue weighted by Gasteiger charge is 2.21. The first-order valence-electron chi connectivity index (χ1n) is 7.73. The zero-order valence-electron chi connectivity index (χ0n) is 12.3. The van der Waals surface area contributed by atoms with Crippen molar-refractivity contribution in [1.29, 1.82) is 0 Å². The van der Waals surface area contributed by atoms with Gasteiger partial charge in [-0.1, -0.05) is 30.3 Å². The average molecular weight is 275 g/mol. The molecule has 1 N–H and O–H groups in total. The minimum Gasteiger partial charge on any atom is -0.466 e. The Kier molecular flexibility index (Phi) is 6.06. The van der Waals surface area contributed by atoms with Gasteiger partial charge >= 0.3 is 5.97 Å². The van der Waals surface area contributed by atoms with Crippen LogP contribution in [0.5, 0.6) is 0 Å². The molecule has 0 unspecified atom stereocenters. The van der Waals surface area contributed by atoms with Gasteiger partial charge in [0.1, 0.15) is 0 Å². The smallest absolute Gasteiger partial charge is 0.307 e. The zero-order chi connectivity index (χ0) is 14.2. The van der Waals surface area contributed by atoms with Crippen molar-refractivity contribution in [2.75, 3.05) is 13.2 Å². The van der Waals surface area contributed by atoms with Crippen molar-refractivity contribution in [3.8, 4) is 0 Å². The molecule has 0 spiro atoms. The largest absolute Gasteiger partial charge is 0.466 e. The molecule has 20 heavy (non-hydrogen) atoms. The van der Waals surface area contributed by atoms with Gasteiger partial charge in [-0.05, 0) is 44.1 Å². The molecule has 0 amide bonds. The molecule has 0 aliphatic heterocycles. The lowest BCUT2D eigenvalue weighted by Gasteiger charge is -2.29. The van der Waals surface area contributed by atoms with Crippen molar-refractivity contribution in [2.24, 2.45) is 0 Å². The molecule has 0 aromatic heterocycles. The molecule has 0 saturated heterocycles. The summed E-state index contributed by atoms with van der Waals surface area (Å²) in [6.07, 6.45) is 5.35. The molecule has 1 saturated carbocycles. The number of esters is 1. The first kappa shape index (κ1) is 15.0. The third-order valence-corrected chi connectivity index (χ3v) is 4.07. The molecule has 2 rings (SSSR count). The first-order valence-corrected chi connectivity index (χ1v) is 7.73. The highest BCUT2D eigenvalue weighted by atomic mass is 16.5. The molecule has 0 heterocycles. The average Bonchev–Trinajstić information content (AvgIpc) is 2.49. The van der Waals surface area contributed by atoms with Crippen molar-refractivity contribution in [3.63, 3.8) is 0 Å². The number of nitrogens with one attached hydrogen (secondary N) is 1. The summed E-state index contributed by atoms with van der Waals surface area (Å²) in [6, 6.07) is 11.4. The summed E-state index contributed by atoms with van der Waals surface area (Å²) < 4.78 is 4.93. The van der Waals surface area contributed by atoms with Gasteiger partial charge in [0.2, 0.25) is 0 Å². The molecule has 1 aliphatic carbocycles. The maximum absolute atomic E-state index is 11.3. The fourth-order valence-electron chi connectivity index (χ4n) is 2.97. The Morgan fingerprint density at radius 1 is 1.20 bits per heavy atom. The number of hydrogen-bond acceptors (Lipinski definition) is 3. The second kappa shape index (κ2) is 8.05. The van der Waals surface area contributed by atoms with E-state index in [1.54, 1.807) is 0 Å². The molecule has 1 aromatic rings. The molecule has 1 aromatic carbocycles. The van der Waals surface area contributed by atoms with E-state index in [2.05, 4.69) is 35.6 Å². The number of benzene rings is 1. The topological polar surface area (TPSA) is 38.3 Å². The minimum absolute atomic E-state index is 0.0991. The van der Waals surface area contributed by atoms with Crippen LogP contribution in [-0.2, 0) is 9.53 Å². The van der Waals surface area contributed by atoms with E-state index < -0.39 is 0 Å². The van der Waals surface area contributed by atoms with E-state index in [0.717, 1.165) is 6.54 Å². The second-order valence-electron chi connectivity index (χ2n) is 5.47. The van der Waals surface area contributed by atoms with E-state index in [-0.39, 0.29) is 5.97 Å².